The number of nitrogens with zero attached hydrogens (tertiary/aromatic N) is 2. The predicted octanol–water partition coefficient (Wildman–Crippen LogP) is 0.456. The molecular weight excluding hydrogens is 142 g/mol. The number of phenolic OH excluding ortho intramolecular Hbond substituents is 1. The van der Waals surface area contributed by atoms with E-state index < -0.39 is 0 Å². The van der Waals surface area contributed by atoms with Crippen LogP contribution in [0.2, 0.25) is 0 Å². The Morgan fingerprint density at radius 3 is 3.09 bits per heavy atom. The summed E-state index contributed by atoms with van der Waals surface area (Å²) in [5.41, 5.74) is 0.783. The molecule has 56 valence electrons. The lowest BCUT2D eigenvalue weighted by molar-refractivity contribution is 0.476. The van der Waals surface area contributed by atoms with E-state index in [9.17, 15) is 0 Å². The van der Waals surface area contributed by atoms with Crippen molar-refractivity contribution in [2.45, 2.75) is 0 Å². The van der Waals surface area contributed by atoms with Gasteiger partial charge in [0.2, 0.25) is 0 Å². The zero-order valence-corrected chi connectivity index (χ0v) is 5.73. The molecule has 1 heterocycles. The number of fused-ring (bicyclic) bond motifs is 1. The van der Waals surface area contributed by atoms with Crippen molar-refractivity contribution < 1.29 is 5.11 Å². The predicted molar refractivity (Wildman–Crippen MR) is 41.5 cm³/mol. The van der Waals surface area contributed by atoms with Crippen molar-refractivity contribution in [3.63, 3.8) is 0 Å². The second-order valence-corrected chi connectivity index (χ2v) is 2.35. The van der Waals surface area contributed by atoms with Crippen molar-refractivity contribution in [2.24, 2.45) is 0 Å². The Morgan fingerprint density at radius 2 is 2.27 bits per heavy atom. The second-order valence-electron chi connectivity index (χ2n) is 2.35. The maximum atomic E-state index is 9.06. The van der Waals surface area contributed by atoms with Gasteiger partial charge >= 0.3 is 0 Å². The highest BCUT2D eigenvalue weighted by Gasteiger charge is 1.97. The SMILES string of the molecule is Nn1cc2cc(O)ccc2n1. The summed E-state index contributed by atoms with van der Waals surface area (Å²) in [4.78, 5) is 1.23. The molecule has 0 fully saturated rings. The van der Waals surface area contributed by atoms with Crippen LogP contribution in [0.1, 0.15) is 0 Å². The first-order chi connectivity index (χ1) is 5.25. The third kappa shape index (κ3) is 0.881. The summed E-state index contributed by atoms with van der Waals surface area (Å²) in [7, 11) is 0. The van der Waals surface area contributed by atoms with Crippen LogP contribution >= 0.6 is 0 Å². The molecule has 0 aliphatic rings. The molecule has 2 rings (SSSR count). The van der Waals surface area contributed by atoms with Crippen LogP contribution in [0.15, 0.2) is 24.4 Å². The van der Waals surface area contributed by atoms with E-state index >= 15 is 0 Å². The minimum atomic E-state index is 0.227. The van der Waals surface area contributed by atoms with Gasteiger partial charge in [0, 0.05) is 5.39 Å². The highest BCUT2D eigenvalue weighted by atomic mass is 16.3. The number of aromatic nitrogens is 2. The summed E-state index contributed by atoms with van der Waals surface area (Å²) in [5.74, 6) is 5.59. The van der Waals surface area contributed by atoms with E-state index in [4.69, 9.17) is 10.9 Å². The third-order valence-corrected chi connectivity index (χ3v) is 1.51. The molecule has 4 heteroatoms. The molecule has 0 amide bonds. The summed E-state index contributed by atoms with van der Waals surface area (Å²) in [5, 5.41) is 13.8. The Kier molecular flexibility index (Phi) is 1.03. The summed E-state index contributed by atoms with van der Waals surface area (Å²) >= 11 is 0. The van der Waals surface area contributed by atoms with E-state index in [-0.39, 0.29) is 5.75 Å². The highest BCUT2D eigenvalue weighted by molar-refractivity contribution is 5.79. The van der Waals surface area contributed by atoms with E-state index in [2.05, 4.69) is 5.10 Å². The standard InChI is InChI=1S/C7H7N3O/c8-10-4-5-3-6(11)1-2-7(5)9-10/h1-4,11H,8H2. The zero-order valence-electron chi connectivity index (χ0n) is 5.73. The van der Waals surface area contributed by atoms with Gasteiger partial charge in [0.25, 0.3) is 0 Å². The van der Waals surface area contributed by atoms with Crippen molar-refractivity contribution in [2.75, 3.05) is 5.84 Å². The van der Waals surface area contributed by atoms with Gasteiger partial charge in [-0.2, -0.15) is 9.89 Å². The van der Waals surface area contributed by atoms with Gasteiger partial charge in [-0.05, 0) is 18.2 Å². The quantitative estimate of drug-likeness (QED) is 0.535. The topological polar surface area (TPSA) is 64.1 Å². The molecule has 0 unspecified atom stereocenters. The lowest BCUT2D eigenvalue weighted by atomic mass is 10.2. The number of aromatic hydroxyl groups is 1. The average Bonchev–Trinajstić information content (AvgIpc) is 2.27. The van der Waals surface area contributed by atoms with E-state index in [1.807, 2.05) is 0 Å². The molecule has 2 aromatic rings. The van der Waals surface area contributed by atoms with Crippen molar-refractivity contribution in [1.29, 1.82) is 0 Å². The maximum absolute atomic E-state index is 9.06. The molecule has 4 nitrogen and oxygen atoms in total. The second kappa shape index (κ2) is 1.88. The van der Waals surface area contributed by atoms with Gasteiger partial charge in [0.05, 0.1) is 11.7 Å². The molecule has 0 saturated carbocycles. The Bertz CT molecular complexity index is 393. The number of nitrogens with two attached hydrogens (primary N) is 1. The molecule has 0 aliphatic heterocycles. The maximum Gasteiger partial charge on any atom is 0.116 e. The normalized spacial score (nSPS) is 10.5. The molecule has 0 bridgehead atoms. The fourth-order valence-electron chi connectivity index (χ4n) is 1.03. The van der Waals surface area contributed by atoms with Gasteiger partial charge < -0.3 is 10.9 Å². The van der Waals surface area contributed by atoms with Crippen LogP contribution in [0.25, 0.3) is 10.9 Å². The van der Waals surface area contributed by atoms with Crippen molar-refractivity contribution in [1.82, 2.24) is 9.89 Å². The Hall–Kier alpha value is -1.71. The van der Waals surface area contributed by atoms with Crippen LogP contribution in [-0.4, -0.2) is 15.0 Å². The third-order valence-electron chi connectivity index (χ3n) is 1.51. The molecule has 3 N–H and O–H groups in total. The molecule has 1 aromatic carbocycles. The van der Waals surface area contributed by atoms with Crippen LogP contribution in [0.5, 0.6) is 5.75 Å². The van der Waals surface area contributed by atoms with Crippen molar-refractivity contribution in [3.05, 3.63) is 24.4 Å². The summed E-state index contributed by atoms with van der Waals surface area (Å²) in [6.45, 7) is 0. The van der Waals surface area contributed by atoms with E-state index in [0.29, 0.717) is 0 Å². The fourth-order valence-corrected chi connectivity index (χ4v) is 1.03. The zero-order chi connectivity index (χ0) is 7.84. The minimum Gasteiger partial charge on any atom is -0.508 e. The summed E-state index contributed by atoms with van der Waals surface area (Å²) in [6, 6.07) is 4.91. The smallest absolute Gasteiger partial charge is 0.116 e. The molecule has 0 atom stereocenters. The van der Waals surface area contributed by atoms with E-state index in [1.54, 1.807) is 24.4 Å². The average molecular weight is 149 g/mol. The number of phenols is 1. The minimum absolute atomic E-state index is 0.227. The first-order valence-electron chi connectivity index (χ1n) is 3.19. The van der Waals surface area contributed by atoms with Gasteiger partial charge in [0.15, 0.2) is 0 Å². The molecule has 0 aliphatic carbocycles. The van der Waals surface area contributed by atoms with Crippen LogP contribution in [-0.2, 0) is 0 Å². The van der Waals surface area contributed by atoms with Crippen LogP contribution in [0, 0.1) is 0 Å². The van der Waals surface area contributed by atoms with Gasteiger partial charge in [-0.15, -0.1) is 0 Å². The van der Waals surface area contributed by atoms with E-state index in [1.165, 1.54) is 4.79 Å². The number of hydrogen-bond acceptors (Lipinski definition) is 3. The number of nitrogen functional groups attached to an aromatic ring is 1. The van der Waals surface area contributed by atoms with Gasteiger partial charge in [-0.3, -0.25) is 0 Å². The lowest BCUT2D eigenvalue weighted by Gasteiger charge is -1.87. The first-order valence-corrected chi connectivity index (χ1v) is 3.19. The van der Waals surface area contributed by atoms with Crippen LogP contribution in [0.3, 0.4) is 0 Å². The Morgan fingerprint density at radius 1 is 1.45 bits per heavy atom. The Balaban J connectivity index is 2.82. The fraction of sp³-hybridized carbons (Fsp3) is 0. The molecule has 0 spiro atoms. The lowest BCUT2D eigenvalue weighted by Crippen LogP contribution is -2.07. The molecule has 0 saturated heterocycles. The molecule has 1 aromatic heterocycles. The summed E-state index contributed by atoms with van der Waals surface area (Å²) < 4.78 is 0. The van der Waals surface area contributed by atoms with Crippen LogP contribution in [0.4, 0.5) is 0 Å². The van der Waals surface area contributed by atoms with Crippen molar-refractivity contribution >= 4 is 10.9 Å². The Labute approximate surface area is 62.8 Å². The van der Waals surface area contributed by atoms with Gasteiger partial charge in [0.1, 0.15) is 5.75 Å². The van der Waals surface area contributed by atoms with E-state index in [0.717, 1.165) is 10.9 Å². The number of hydrogen-bond donors (Lipinski definition) is 2. The molecular formula is C7H7N3O. The van der Waals surface area contributed by atoms with Crippen molar-refractivity contribution in [3.8, 4) is 5.75 Å². The number of benzene rings is 1. The van der Waals surface area contributed by atoms with Gasteiger partial charge in [-0.25, -0.2) is 0 Å². The monoisotopic (exact) mass is 149 g/mol. The van der Waals surface area contributed by atoms with Crippen LogP contribution < -0.4 is 5.84 Å². The molecule has 0 radical (unpaired) electrons. The first kappa shape index (κ1) is 6.03. The van der Waals surface area contributed by atoms with Gasteiger partial charge in [-0.1, -0.05) is 0 Å². The number of rotatable bonds is 0. The highest BCUT2D eigenvalue weighted by Crippen LogP contribution is 2.17. The molecule has 11 heavy (non-hydrogen) atoms. The summed E-state index contributed by atoms with van der Waals surface area (Å²) in [6.07, 6.45) is 1.65. The largest absolute Gasteiger partial charge is 0.508 e.